The lowest BCUT2D eigenvalue weighted by atomic mass is 9.95. The Bertz CT molecular complexity index is 340. The molecule has 0 unspecified atom stereocenters. The van der Waals surface area contributed by atoms with Gasteiger partial charge in [0.2, 0.25) is 0 Å². The molecule has 0 atom stereocenters. The van der Waals surface area contributed by atoms with Gasteiger partial charge in [-0.25, -0.2) is 4.98 Å². The van der Waals surface area contributed by atoms with Gasteiger partial charge in [0.25, 0.3) is 0 Å². The molecule has 0 radical (unpaired) electrons. The third kappa shape index (κ3) is 2.29. The Kier molecular flexibility index (Phi) is 3.09. The quantitative estimate of drug-likeness (QED) is 0.762. The maximum absolute atomic E-state index is 11.8. The van der Waals surface area contributed by atoms with Crippen LogP contribution >= 0.6 is 11.3 Å². The number of rotatable bonds is 3. The number of allylic oxidation sites excluding steroid dienone is 2. The largest absolute Gasteiger partial charge is 0.294 e. The molecule has 0 N–H and O–H groups in total. The van der Waals surface area contributed by atoms with E-state index in [9.17, 15) is 4.79 Å². The molecular formula is C11H13NOS. The lowest BCUT2D eigenvalue weighted by Crippen LogP contribution is -2.08. The van der Waals surface area contributed by atoms with E-state index in [2.05, 4.69) is 11.1 Å². The van der Waals surface area contributed by atoms with E-state index in [-0.39, 0.29) is 5.78 Å². The summed E-state index contributed by atoms with van der Waals surface area (Å²) in [5, 5.41) is 2.85. The highest BCUT2D eigenvalue weighted by Gasteiger charge is 2.13. The highest BCUT2D eigenvalue weighted by atomic mass is 32.1. The van der Waals surface area contributed by atoms with Crippen LogP contribution < -0.4 is 0 Å². The monoisotopic (exact) mass is 207 g/mol. The SMILES string of the molecule is O=C(Cc1nccs1)C1=CCCCC1. The van der Waals surface area contributed by atoms with E-state index in [1.54, 1.807) is 17.5 Å². The van der Waals surface area contributed by atoms with E-state index in [1.165, 1.54) is 6.42 Å². The lowest BCUT2D eigenvalue weighted by molar-refractivity contribution is -0.115. The lowest BCUT2D eigenvalue weighted by Gasteiger charge is -2.10. The predicted molar refractivity (Wildman–Crippen MR) is 57.4 cm³/mol. The molecule has 0 saturated heterocycles. The number of carbonyl (C=O) groups is 1. The summed E-state index contributed by atoms with van der Waals surface area (Å²) in [4.78, 5) is 15.9. The maximum Gasteiger partial charge on any atom is 0.165 e. The number of Topliss-reactive ketones (excluding diaryl/α,β-unsaturated/α-hetero) is 1. The first kappa shape index (κ1) is 9.59. The number of aromatic nitrogens is 1. The van der Waals surface area contributed by atoms with Crippen molar-refractivity contribution < 1.29 is 4.79 Å². The molecule has 14 heavy (non-hydrogen) atoms. The third-order valence-corrected chi connectivity index (χ3v) is 3.22. The van der Waals surface area contributed by atoms with Gasteiger partial charge >= 0.3 is 0 Å². The Labute approximate surface area is 87.7 Å². The zero-order chi connectivity index (χ0) is 9.80. The first-order chi connectivity index (χ1) is 6.86. The Balaban J connectivity index is 1.98. The summed E-state index contributed by atoms with van der Waals surface area (Å²) in [6.07, 6.45) is 8.76. The van der Waals surface area contributed by atoms with E-state index < -0.39 is 0 Å². The van der Waals surface area contributed by atoms with Gasteiger partial charge in [-0.15, -0.1) is 11.3 Å². The van der Waals surface area contributed by atoms with Crippen molar-refractivity contribution in [3.05, 3.63) is 28.2 Å². The Morgan fingerprint density at radius 1 is 1.50 bits per heavy atom. The standard InChI is InChI=1S/C11H13NOS/c13-10(8-11-12-6-7-14-11)9-4-2-1-3-5-9/h4,6-7H,1-3,5,8H2. The third-order valence-electron chi connectivity index (χ3n) is 2.44. The molecule has 0 amide bonds. The number of ketones is 1. The summed E-state index contributed by atoms with van der Waals surface area (Å²) >= 11 is 1.56. The second-order valence-electron chi connectivity index (χ2n) is 3.50. The minimum atomic E-state index is 0.264. The van der Waals surface area contributed by atoms with Gasteiger partial charge in [0.1, 0.15) is 5.01 Å². The van der Waals surface area contributed by atoms with Gasteiger partial charge in [0.05, 0.1) is 6.42 Å². The Hall–Kier alpha value is -0.960. The van der Waals surface area contributed by atoms with Gasteiger partial charge in [-0.1, -0.05) is 6.08 Å². The molecule has 1 aliphatic rings. The Morgan fingerprint density at radius 3 is 3.07 bits per heavy atom. The Morgan fingerprint density at radius 2 is 2.43 bits per heavy atom. The average molecular weight is 207 g/mol. The van der Waals surface area contributed by atoms with Crippen LogP contribution in [-0.4, -0.2) is 10.8 Å². The first-order valence-electron chi connectivity index (χ1n) is 4.97. The van der Waals surface area contributed by atoms with E-state index in [1.807, 2.05) is 5.38 Å². The van der Waals surface area contributed by atoms with Crippen LogP contribution in [0.3, 0.4) is 0 Å². The molecule has 0 fully saturated rings. The minimum absolute atomic E-state index is 0.264. The minimum Gasteiger partial charge on any atom is -0.294 e. The van der Waals surface area contributed by atoms with Crippen molar-refractivity contribution in [2.75, 3.05) is 0 Å². The van der Waals surface area contributed by atoms with Gasteiger partial charge in [-0.2, -0.15) is 0 Å². The number of hydrogen-bond donors (Lipinski definition) is 0. The van der Waals surface area contributed by atoms with E-state index in [0.717, 1.165) is 29.8 Å². The molecule has 1 aromatic heterocycles. The molecule has 0 spiro atoms. The maximum atomic E-state index is 11.8. The molecule has 74 valence electrons. The van der Waals surface area contributed by atoms with Crippen molar-refractivity contribution in [2.45, 2.75) is 32.1 Å². The van der Waals surface area contributed by atoms with Gasteiger partial charge < -0.3 is 0 Å². The summed E-state index contributed by atoms with van der Waals surface area (Å²) in [5.41, 5.74) is 1.02. The summed E-state index contributed by atoms with van der Waals surface area (Å²) in [7, 11) is 0. The smallest absolute Gasteiger partial charge is 0.165 e. The second-order valence-corrected chi connectivity index (χ2v) is 4.48. The summed E-state index contributed by atoms with van der Waals surface area (Å²) < 4.78 is 0. The van der Waals surface area contributed by atoms with Gasteiger partial charge in [0.15, 0.2) is 5.78 Å². The van der Waals surface area contributed by atoms with Crippen molar-refractivity contribution in [3.8, 4) is 0 Å². The average Bonchev–Trinajstić information content (AvgIpc) is 2.72. The summed E-state index contributed by atoms with van der Waals surface area (Å²) in [6.45, 7) is 0. The van der Waals surface area contributed by atoms with Crippen molar-refractivity contribution in [3.63, 3.8) is 0 Å². The molecule has 0 aliphatic heterocycles. The summed E-state index contributed by atoms with van der Waals surface area (Å²) in [6, 6.07) is 0. The molecule has 0 bridgehead atoms. The highest BCUT2D eigenvalue weighted by Crippen LogP contribution is 2.19. The van der Waals surface area contributed by atoms with Crippen LogP contribution in [0, 0.1) is 0 Å². The zero-order valence-electron chi connectivity index (χ0n) is 8.03. The number of carbonyl (C=O) groups excluding carboxylic acids is 1. The van der Waals surface area contributed by atoms with Crippen LogP contribution in [0.25, 0.3) is 0 Å². The summed E-state index contributed by atoms with van der Waals surface area (Å²) in [5.74, 6) is 0.264. The number of thiazole rings is 1. The normalized spacial score (nSPS) is 16.4. The molecule has 2 rings (SSSR count). The van der Waals surface area contributed by atoms with Gasteiger partial charge in [0, 0.05) is 11.6 Å². The number of hydrogen-bond acceptors (Lipinski definition) is 3. The molecule has 0 aromatic carbocycles. The molecule has 2 nitrogen and oxygen atoms in total. The van der Waals surface area contributed by atoms with Crippen LogP contribution in [0.5, 0.6) is 0 Å². The van der Waals surface area contributed by atoms with Crippen molar-refractivity contribution >= 4 is 17.1 Å². The molecule has 3 heteroatoms. The highest BCUT2D eigenvalue weighted by molar-refractivity contribution is 7.09. The van der Waals surface area contributed by atoms with Crippen molar-refractivity contribution in [1.82, 2.24) is 4.98 Å². The van der Waals surface area contributed by atoms with Crippen molar-refractivity contribution in [1.29, 1.82) is 0 Å². The molecule has 1 aromatic rings. The first-order valence-corrected chi connectivity index (χ1v) is 5.85. The second kappa shape index (κ2) is 4.51. The predicted octanol–water partition coefficient (Wildman–Crippen LogP) is 2.76. The fourth-order valence-corrected chi connectivity index (χ4v) is 2.30. The van der Waals surface area contributed by atoms with E-state index in [4.69, 9.17) is 0 Å². The van der Waals surface area contributed by atoms with Crippen molar-refractivity contribution in [2.24, 2.45) is 0 Å². The molecule has 1 aliphatic carbocycles. The van der Waals surface area contributed by atoms with Crippen LogP contribution in [-0.2, 0) is 11.2 Å². The van der Waals surface area contributed by atoms with Crippen LogP contribution in [0.15, 0.2) is 23.2 Å². The van der Waals surface area contributed by atoms with Crippen LogP contribution in [0.4, 0.5) is 0 Å². The van der Waals surface area contributed by atoms with E-state index in [0.29, 0.717) is 6.42 Å². The molecule has 1 heterocycles. The molecule has 0 saturated carbocycles. The van der Waals surface area contributed by atoms with Gasteiger partial charge in [-0.3, -0.25) is 4.79 Å². The fourth-order valence-electron chi connectivity index (χ4n) is 1.68. The number of nitrogens with zero attached hydrogens (tertiary/aromatic N) is 1. The fraction of sp³-hybridized carbons (Fsp3) is 0.455. The molecular weight excluding hydrogens is 194 g/mol. The van der Waals surface area contributed by atoms with E-state index >= 15 is 0 Å². The van der Waals surface area contributed by atoms with Gasteiger partial charge in [-0.05, 0) is 31.3 Å². The van der Waals surface area contributed by atoms with Crippen LogP contribution in [0.2, 0.25) is 0 Å². The van der Waals surface area contributed by atoms with Crippen LogP contribution in [0.1, 0.15) is 30.7 Å². The zero-order valence-corrected chi connectivity index (χ0v) is 8.85. The topological polar surface area (TPSA) is 30.0 Å².